The minimum atomic E-state index is -1.35. The first-order chi connectivity index (χ1) is 22.8. The Labute approximate surface area is 274 Å². The number of aryl methyl sites for hydroxylation is 2. The lowest BCUT2D eigenvalue weighted by atomic mass is 10.0. The van der Waals surface area contributed by atoms with Gasteiger partial charge in [0.25, 0.3) is 5.79 Å². The molecule has 3 aromatic carbocycles. The fraction of sp³-hybridized carbons (Fsp3) is 0.324. The maximum Gasteiger partial charge on any atom is 0.335 e. The number of para-hydroxylation sites is 1. The van der Waals surface area contributed by atoms with E-state index in [-0.39, 0.29) is 23.2 Å². The number of hydrogen-bond acceptors (Lipinski definition) is 8. The summed E-state index contributed by atoms with van der Waals surface area (Å²) in [6.07, 6.45) is 3.65. The van der Waals surface area contributed by atoms with Crippen molar-refractivity contribution >= 4 is 34.3 Å². The molecule has 5 heterocycles. The van der Waals surface area contributed by atoms with Crippen LogP contribution in [0.4, 0.5) is 10.1 Å². The van der Waals surface area contributed by atoms with E-state index in [1.807, 2.05) is 35.1 Å². The van der Waals surface area contributed by atoms with Crippen LogP contribution in [-0.4, -0.2) is 73.7 Å². The van der Waals surface area contributed by atoms with Gasteiger partial charge in [0, 0.05) is 44.0 Å². The highest BCUT2D eigenvalue weighted by molar-refractivity contribution is 6.30. The Morgan fingerprint density at radius 2 is 1.94 bits per heavy atom. The van der Waals surface area contributed by atoms with E-state index < -0.39 is 17.6 Å². The normalized spacial score (nSPS) is 22.2. The molecule has 11 nitrogen and oxygen atoms in total. The second-order valence-electron chi connectivity index (χ2n) is 12.2. The zero-order valence-corrected chi connectivity index (χ0v) is 26.3. The number of rotatable bonds is 8. The second-order valence-corrected chi connectivity index (χ2v) is 12.6. The van der Waals surface area contributed by atoms with Gasteiger partial charge in [-0.05, 0) is 54.6 Å². The molecule has 0 amide bonds. The predicted molar refractivity (Wildman–Crippen MR) is 172 cm³/mol. The number of aromatic nitrogens is 4. The van der Waals surface area contributed by atoms with E-state index >= 15 is 0 Å². The summed E-state index contributed by atoms with van der Waals surface area (Å²) >= 11 is 6.01. The number of carbonyl (C=O) groups is 1. The number of aromatic carboxylic acids is 1. The average Bonchev–Trinajstić information content (AvgIpc) is 3.85. The largest absolute Gasteiger partial charge is 0.478 e. The summed E-state index contributed by atoms with van der Waals surface area (Å²) in [5, 5.41) is 14.3. The zero-order valence-electron chi connectivity index (χ0n) is 25.6. The third-order valence-corrected chi connectivity index (χ3v) is 9.57. The Morgan fingerprint density at radius 3 is 2.74 bits per heavy atom. The van der Waals surface area contributed by atoms with E-state index in [4.69, 9.17) is 30.8 Å². The van der Waals surface area contributed by atoms with E-state index in [1.54, 1.807) is 43.5 Å². The summed E-state index contributed by atoms with van der Waals surface area (Å²) < 4.78 is 37.7. The minimum absolute atomic E-state index is 0.0264. The molecule has 8 rings (SSSR count). The molecular formula is C34H32ClFN6O5. The van der Waals surface area contributed by atoms with Crippen LogP contribution >= 0.6 is 11.6 Å². The van der Waals surface area contributed by atoms with Crippen LogP contribution in [0.5, 0.6) is 11.5 Å². The molecule has 3 aliphatic heterocycles. The third-order valence-electron chi connectivity index (χ3n) is 9.34. The number of nitrogens with zero attached hydrogens (tertiary/aromatic N) is 6. The predicted octanol–water partition coefficient (Wildman–Crippen LogP) is 5.16. The van der Waals surface area contributed by atoms with Crippen molar-refractivity contribution in [2.75, 3.05) is 31.2 Å². The molecule has 1 N–H and O–H groups in total. The summed E-state index contributed by atoms with van der Waals surface area (Å²) in [7, 11) is 0. The van der Waals surface area contributed by atoms with Gasteiger partial charge < -0.3 is 28.8 Å². The number of imidazole rings is 1. The van der Waals surface area contributed by atoms with E-state index in [0.29, 0.717) is 55.9 Å². The van der Waals surface area contributed by atoms with Gasteiger partial charge in [-0.1, -0.05) is 17.7 Å². The standard InChI is InChI=1S/C34H32ClFN6O5/c1-34(23-8-7-22(35)17-24(23)36)46-30-5-2-4-26(32(30)47-34)41-14-12-39(28-19-45-20-29(28)41)18-31-38-25-9-6-21(33(43)44)16-27(25)42(31)15-13-40-11-3-10-37-40/h2-11,16-17,28-29H,12-15,18-20H2,1H3,(H,43,44)/t28-,29+,34-/m1/s1. The Morgan fingerprint density at radius 1 is 1.06 bits per heavy atom. The minimum Gasteiger partial charge on any atom is -0.478 e. The summed E-state index contributed by atoms with van der Waals surface area (Å²) in [6.45, 7) is 5.97. The Balaban J connectivity index is 1.07. The molecule has 3 aliphatic rings. The number of ether oxygens (including phenoxy) is 3. The molecule has 2 saturated heterocycles. The summed E-state index contributed by atoms with van der Waals surface area (Å²) in [5.74, 6) is -0.859. The summed E-state index contributed by atoms with van der Waals surface area (Å²) in [4.78, 5) is 21.5. The van der Waals surface area contributed by atoms with E-state index in [0.717, 1.165) is 29.1 Å². The first kappa shape index (κ1) is 29.7. The molecular weight excluding hydrogens is 627 g/mol. The number of anilines is 1. The van der Waals surface area contributed by atoms with Crippen molar-refractivity contribution in [2.24, 2.45) is 0 Å². The van der Waals surface area contributed by atoms with Crippen LogP contribution in [0, 0.1) is 5.82 Å². The van der Waals surface area contributed by atoms with Crippen molar-refractivity contribution in [3.8, 4) is 11.5 Å². The number of benzene rings is 3. The van der Waals surface area contributed by atoms with Gasteiger partial charge in [0.15, 0.2) is 11.5 Å². The monoisotopic (exact) mass is 658 g/mol. The molecule has 0 radical (unpaired) electrons. The molecule has 0 spiro atoms. The van der Waals surface area contributed by atoms with Crippen LogP contribution in [0.3, 0.4) is 0 Å². The second kappa shape index (κ2) is 11.5. The van der Waals surface area contributed by atoms with Crippen molar-refractivity contribution in [3.63, 3.8) is 0 Å². The van der Waals surface area contributed by atoms with Crippen molar-refractivity contribution in [3.05, 3.63) is 101 Å². The van der Waals surface area contributed by atoms with Gasteiger partial charge in [-0.3, -0.25) is 9.58 Å². The maximum absolute atomic E-state index is 15.0. The van der Waals surface area contributed by atoms with E-state index in [1.165, 1.54) is 6.07 Å². The van der Waals surface area contributed by atoms with Gasteiger partial charge in [-0.2, -0.15) is 5.10 Å². The van der Waals surface area contributed by atoms with Crippen LogP contribution in [0.1, 0.15) is 28.7 Å². The molecule has 0 bridgehead atoms. The van der Waals surface area contributed by atoms with Crippen molar-refractivity contribution in [2.45, 2.75) is 44.4 Å². The lowest BCUT2D eigenvalue weighted by molar-refractivity contribution is -0.0705. The Kier molecular flexibility index (Phi) is 7.31. The quantitative estimate of drug-likeness (QED) is 0.242. The van der Waals surface area contributed by atoms with Crippen molar-refractivity contribution in [1.29, 1.82) is 0 Å². The maximum atomic E-state index is 15.0. The molecule has 2 fully saturated rings. The topological polar surface area (TPSA) is 107 Å². The Hall–Kier alpha value is -4.65. The number of carboxylic acids is 1. The molecule has 0 aliphatic carbocycles. The molecule has 13 heteroatoms. The van der Waals surface area contributed by atoms with Gasteiger partial charge in [0.2, 0.25) is 0 Å². The highest BCUT2D eigenvalue weighted by atomic mass is 35.5. The molecule has 242 valence electrons. The SMILES string of the molecule is C[C@@]1(c2ccc(Cl)cc2F)Oc2cccc(N3CCN(Cc4nc5ccc(C(=O)O)cc5n4CCn4cccn4)[C@@H]4COC[C@@H]43)c2O1. The fourth-order valence-electron chi connectivity index (χ4n) is 7.04. The molecule has 0 unspecified atom stereocenters. The molecule has 2 aromatic heterocycles. The highest BCUT2D eigenvalue weighted by Gasteiger charge is 2.46. The van der Waals surface area contributed by atoms with E-state index in [2.05, 4.69) is 19.5 Å². The van der Waals surface area contributed by atoms with Crippen LogP contribution < -0.4 is 14.4 Å². The van der Waals surface area contributed by atoms with Gasteiger partial charge in [-0.25, -0.2) is 14.2 Å². The summed E-state index contributed by atoms with van der Waals surface area (Å²) in [6, 6.07) is 17.3. The number of piperazine rings is 1. The van der Waals surface area contributed by atoms with Crippen molar-refractivity contribution < 1.29 is 28.5 Å². The number of fused-ring (bicyclic) bond motifs is 3. The molecule has 0 saturated carbocycles. The first-order valence-corrected chi connectivity index (χ1v) is 15.9. The van der Waals surface area contributed by atoms with Gasteiger partial charge >= 0.3 is 5.97 Å². The lowest BCUT2D eigenvalue weighted by Crippen LogP contribution is -2.59. The fourth-order valence-corrected chi connectivity index (χ4v) is 7.20. The molecule has 5 aromatic rings. The van der Waals surface area contributed by atoms with Crippen molar-refractivity contribution in [1.82, 2.24) is 24.2 Å². The number of carboxylic acid groups (broad SMARTS) is 1. The van der Waals surface area contributed by atoms with Crippen LogP contribution in [0.2, 0.25) is 5.02 Å². The number of hydrogen-bond donors (Lipinski definition) is 1. The first-order valence-electron chi connectivity index (χ1n) is 15.5. The van der Waals surface area contributed by atoms with Gasteiger partial charge in [-0.15, -0.1) is 0 Å². The van der Waals surface area contributed by atoms with E-state index in [9.17, 15) is 14.3 Å². The van der Waals surface area contributed by atoms with Gasteiger partial charge in [0.05, 0.1) is 66.2 Å². The third kappa shape index (κ3) is 5.26. The zero-order chi connectivity index (χ0) is 32.3. The van der Waals surface area contributed by atoms with Crippen LogP contribution in [0.25, 0.3) is 11.0 Å². The highest BCUT2D eigenvalue weighted by Crippen LogP contribution is 2.50. The van der Waals surface area contributed by atoms with Crippen LogP contribution in [0.15, 0.2) is 73.1 Å². The smallest absolute Gasteiger partial charge is 0.335 e. The summed E-state index contributed by atoms with van der Waals surface area (Å²) in [5.41, 5.74) is 2.89. The van der Waals surface area contributed by atoms with Gasteiger partial charge in [0.1, 0.15) is 11.6 Å². The molecule has 3 atom stereocenters. The Bertz CT molecular complexity index is 1990. The lowest BCUT2D eigenvalue weighted by Gasteiger charge is -2.44. The van der Waals surface area contributed by atoms with Crippen LogP contribution in [-0.2, 0) is 30.2 Å². The number of halogens is 2. The molecule has 47 heavy (non-hydrogen) atoms. The average molecular weight is 659 g/mol.